The van der Waals surface area contributed by atoms with Crippen molar-refractivity contribution in [3.8, 4) is 0 Å². The lowest BCUT2D eigenvalue weighted by atomic mass is 9.82. The first kappa shape index (κ1) is 40.0. The van der Waals surface area contributed by atoms with Crippen LogP contribution in [0.4, 0.5) is 53.5 Å². The highest BCUT2D eigenvalue weighted by molar-refractivity contribution is 9.10. The molecule has 3 unspecified atom stereocenters. The molecule has 3 atom stereocenters. The molecule has 6 nitrogen and oxygen atoms in total. The predicted molar refractivity (Wildman–Crippen MR) is 143 cm³/mol. The van der Waals surface area contributed by atoms with E-state index in [1.807, 2.05) is 0 Å². The first-order valence-electron chi connectivity index (χ1n) is 12.5. The van der Waals surface area contributed by atoms with Gasteiger partial charge < -0.3 is 18.9 Å². The maximum Gasteiger partial charge on any atom is 0.510 e. The lowest BCUT2D eigenvalue weighted by molar-refractivity contribution is -0.319. The number of carbonyl (C=O) groups is 2. The maximum absolute atomic E-state index is 15.1. The molecule has 0 aromatic heterocycles. The molecule has 0 radical (unpaired) electrons. The number of hydrogen-bond acceptors (Lipinski definition) is 6. The van der Waals surface area contributed by atoms with E-state index in [-0.39, 0.29) is 12.5 Å². The molecule has 0 aliphatic carbocycles. The normalized spacial score (nSPS) is 17.2. The number of rotatable bonds is 8. The summed E-state index contributed by atoms with van der Waals surface area (Å²) in [5, 5.41) is 0. The Kier molecular flexibility index (Phi) is 11.5. The summed E-state index contributed by atoms with van der Waals surface area (Å²) >= 11 is 3.04. The molecular weight excluding hydrogens is 758 g/mol. The smallest absolute Gasteiger partial charge is 0.429 e. The Morgan fingerprint density at radius 3 is 1.14 bits per heavy atom. The van der Waals surface area contributed by atoms with Crippen LogP contribution < -0.4 is 0 Å². The summed E-state index contributed by atoms with van der Waals surface area (Å²) < 4.78 is 166. The fourth-order valence-corrected chi connectivity index (χ4v) is 4.76. The number of carbonyl (C=O) groups excluding carboxylic acids is 2. The molecule has 1 aromatic rings. The molecule has 0 saturated heterocycles. The molecule has 0 N–H and O–H groups in total. The van der Waals surface area contributed by atoms with E-state index < -0.39 is 79.3 Å². The Morgan fingerprint density at radius 1 is 0.636 bits per heavy atom. The zero-order valence-corrected chi connectivity index (χ0v) is 27.7. The molecule has 0 aliphatic heterocycles. The summed E-state index contributed by atoms with van der Waals surface area (Å²) in [6.45, 7) is 9.47. The second-order valence-corrected chi connectivity index (χ2v) is 13.6. The zero-order chi connectivity index (χ0) is 35.1. The fourth-order valence-electron chi connectivity index (χ4n) is 3.70. The van der Waals surface area contributed by atoms with E-state index in [1.165, 1.54) is 45.7 Å². The Morgan fingerprint density at radius 2 is 0.932 bits per heavy atom. The fraction of sp³-hybridized carbons (Fsp3) is 0.692. The minimum Gasteiger partial charge on any atom is -0.429 e. The van der Waals surface area contributed by atoms with Crippen LogP contribution in [0, 0.1) is 0 Å². The lowest BCUT2D eigenvalue weighted by Crippen LogP contribution is -2.58. The highest BCUT2D eigenvalue weighted by Crippen LogP contribution is 2.59. The first-order chi connectivity index (χ1) is 19.3. The molecule has 1 rings (SSSR count). The molecule has 18 heteroatoms. The van der Waals surface area contributed by atoms with Crippen molar-refractivity contribution < 1.29 is 72.4 Å². The van der Waals surface area contributed by atoms with Crippen LogP contribution in [0.5, 0.6) is 0 Å². The monoisotopic (exact) mass is 786 g/mol. The molecule has 254 valence electrons. The molecule has 0 aliphatic rings. The number of hydrogen-bond donors (Lipinski definition) is 0. The van der Waals surface area contributed by atoms with Gasteiger partial charge in [-0.15, -0.1) is 0 Å². The van der Waals surface area contributed by atoms with Crippen LogP contribution in [0.1, 0.15) is 84.4 Å². The van der Waals surface area contributed by atoms with Gasteiger partial charge in [-0.25, -0.2) is 9.59 Å². The van der Waals surface area contributed by atoms with Crippen LogP contribution in [-0.2, 0) is 30.1 Å². The van der Waals surface area contributed by atoms with Gasteiger partial charge in [-0.3, -0.25) is 0 Å². The largest absolute Gasteiger partial charge is 0.510 e. The number of ether oxygens (including phenoxy) is 4. The average molecular weight is 788 g/mol. The summed E-state index contributed by atoms with van der Waals surface area (Å²) in [6.07, 6.45) is -17.4. The Bertz CT molecular complexity index is 1080. The quantitative estimate of drug-likeness (QED) is 0.148. The molecule has 0 saturated carbocycles. The molecule has 0 fully saturated rings. The SMILES string of the molecule is CCC(C)c1cc(C(OC(=O)OC(C)(C)C)(C(F)(F)F)C(F)(F)Br)cc(C(OC(=O)OC(C)(C)C)(C(F)(F)F)C(F)(F)Br)c1. The maximum atomic E-state index is 15.1. The summed E-state index contributed by atoms with van der Waals surface area (Å²) in [6, 6.07) is 0.253. The first-order valence-corrected chi connectivity index (χ1v) is 14.1. The minimum absolute atomic E-state index is 0.0593. The van der Waals surface area contributed by atoms with E-state index in [0.29, 0.717) is 12.1 Å². The Balaban J connectivity index is 4.47. The third-order valence-corrected chi connectivity index (χ3v) is 6.92. The van der Waals surface area contributed by atoms with Gasteiger partial charge in [0.1, 0.15) is 11.2 Å². The average Bonchev–Trinajstić information content (AvgIpc) is 2.74. The highest BCUT2D eigenvalue weighted by atomic mass is 79.9. The summed E-state index contributed by atoms with van der Waals surface area (Å²) in [5.74, 6) is -1.07. The van der Waals surface area contributed by atoms with Gasteiger partial charge in [-0.05, 0) is 97.4 Å². The Hall–Kier alpha value is -1.98. The molecule has 0 heterocycles. The highest BCUT2D eigenvalue weighted by Gasteiger charge is 2.76. The molecule has 44 heavy (non-hydrogen) atoms. The molecular formula is C26H30Br2F10O6. The topological polar surface area (TPSA) is 71.1 Å². The lowest BCUT2D eigenvalue weighted by Gasteiger charge is -2.41. The second-order valence-electron chi connectivity index (χ2n) is 11.6. The predicted octanol–water partition coefficient (Wildman–Crippen LogP) is 10.6. The minimum atomic E-state index is -6.34. The van der Waals surface area contributed by atoms with E-state index in [9.17, 15) is 35.9 Å². The van der Waals surface area contributed by atoms with Gasteiger partial charge >= 0.3 is 45.5 Å². The van der Waals surface area contributed by atoms with E-state index in [0.717, 1.165) is 41.5 Å². The zero-order valence-electron chi connectivity index (χ0n) is 24.5. The summed E-state index contributed by atoms with van der Waals surface area (Å²) in [7, 11) is 0. The van der Waals surface area contributed by atoms with Gasteiger partial charge in [0.25, 0.3) is 0 Å². The van der Waals surface area contributed by atoms with Crippen molar-refractivity contribution in [1.82, 2.24) is 0 Å². The van der Waals surface area contributed by atoms with Gasteiger partial charge in [0, 0.05) is 11.1 Å². The van der Waals surface area contributed by atoms with Crippen molar-refractivity contribution in [2.45, 2.75) is 112 Å². The van der Waals surface area contributed by atoms with Crippen LogP contribution in [0.15, 0.2) is 18.2 Å². The van der Waals surface area contributed by atoms with Gasteiger partial charge in [-0.1, -0.05) is 26.0 Å². The van der Waals surface area contributed by atoms with Gasteiger partial charge in [0.05, 0.1) is 0 Å². The molecule has 0 bridgehead atoms. The van der Waals surface area contributed by atoms with Crippen molar-refractivity contribution in [2.75, 3.05) is 0 Å². The van der Waals surface area contributed by atoms with E-state index in [2.05, 4.69) is 18.9 Å². The van der Waals surface area contributed by atoms with Crippen LogP contribution in [-0.4, -0.2) is 45.5 Å². The Labute approximate surface area is 263 Å². The van der Waals surface area contributed by atoms with Gasteiger partial charge in [0.2, 0.25) is 0 Å². The summed E-state index contributed by atoms with van der Waals surface area (Å²) in [4.78, 5) is 14.1. The van der Waals surface area contributed by atoms with E-state index in [1.54, 1.807) is 0 Å². The second kappa shape index (κ2) is 12.7. The third-order valence-electron chi connectivity index (χ3n) is 5.80. The van der Waals surface area contributed by atoms with Crippen molar-refractivity contribution in [1.29, 1.82) is 0 Å². The molecule has 0 spiro atoms. The number of halogens is 12. The standard InChI is InChI=1S/C26H30Br2F10O6/c1-9-13(2)14-10-15(21(23(27,29)30,25(33,34)35)43-17(39)41-19(3,4)5)12-16(11-14)22(24(28,31)32,26(36,37)38)44-18(40)42-20(6,7)8/h10-13H,9H2,1-8H3. The molecule has 0 amide bonds. The van der Waals surface area contributed by atoms with Crippen molar-refractivity contribution in [3.05, 3.63) is 34.9 Å². The number of alkyl halides is 12. The van der Waals surface area contributed by atoms with Gasteiger partial charge in [0.15, 0.2) is 0 Å². The van der Waals surface area contributed by atoms with Crippen LogP contribution in [0.3, 0.4) is 0 Å². The van der Waals surface area contributed by atoms with Crippen LogP contribution in [0.25, 0.3) is 0 Å². The van der Waals surface area contributed by atoms with Crippen molar-refractivity contribution >= 4 is 44.2 Å². The van der Waals surface area contributed by atoms with Crippen molar-refractivity contribution in [2.24, 2.45) is 0 Å². The van der Waals surface area contributed by atoms with Gasteiger partial charge in [-0.2, -0.15) is 43.9 Å². The van der Waals surface area contributed by atoms with E-state index in [4.69, 9.17) is 0 Å². The van der Waals surface area contributed by atoms with Crippen LogP contribution >= 0.6 is 31.9 Å². The summed E-state index contributed by atoms with van der Waals surface area (Å²) in [5.41, 5.74) is -18.1. The molecule has 1 aromatic carbocycles. The van der Waals surface area contributed by atoms with Crippen molar-refractivity contribution in [3.63, 3.8) is 0 Å². The number of benzene rings is 1. The third kappa shape index (κ3) is 8.63. The van der Waals surface area contributed by atoms with E-state index >= 15 is 17.6 Å². The van der Waals surface area contributed by atoms with Crippen LogP contribution in [0.2, 0.25) is 0 Å².